The zero-order chi connectivity index (χ0) is 16.1. The van der Waals surface area contributed by atoms with E-state index < -0.39 is 0 Å². The molecule has 0 aliphatic heterocycles. The Morgan fingerprint density at radius 1 is 1.45 bits per heavy atom. The minimum Gasteiger partial charge on any atom is -0.495 e. The third-order valence-corrected chi connectivity index (χ3v) is 3.70. The van der Waals surface area contributed by atoms with Gasteiger partial charge in [0.15, 0.2) is 5.11 Å². The van der Waals surface area contributed by atoms with Crippen molar-refractivity contribution in [2.75, 3.05) is 12.4 Å². The van der Waals surface area contributed by atoms with E-state index >= 15 is 0 Å². The Kier molecular flexibility index (Phi) is 5.63. The Morgan fingerprint density at radius 3 is 2.86 bits per heavy atom. The van der Waals surface area contributed by atoms with E-state index in [0.717, 1.165) is 23.5 Å². The van der Waals surface area contributed by atoms with Crippen LogP contribution in [0.2, 0.25) is 5.02 Å². The standard InChI is InChI=1S/C15H19ClN4OS/c1-4-20-9-11(10(2)19-20)8-17-15(22)18-13-7-12(16)5-6-14(13)21-3/h5-7,9H,4,8H2,1-3H3,(H2,17,18,22). The molecule has 0 aliphatic rings. The third-order valence-electron chi connectivity index (χ3n) is 3.22. The first-order chi connectivity index (χ1) is 10.5. The molecule has 2 aromatic rings. The maximum atomic E-state index is 6.00. The van der Waals surface area contributed by atoms with E-state index in [2.05, 4.69) is 22.7 Å². The summed E-state index contributed by atoms with van der Waals surface area (Å²) < 4.78 is 7.18. The molecule has 0 atom stereocenters. The van der Waals surface area contributed by atoms with Gasteiger partial charge < -0.3 is 15.4 Å². The Balaban J connectivity index is 1.98. The third kappa shape index (κ3) is 4.11. The molecule has 0 fully saturated rings. The van der Waals surface area contributed by atoms with E-state index in [1.165, 1.54) is 0 Å². The quantitative estimate of drug-likeness (QED) is 0.819. The van der Waals surface area contributed by atoms with Gasteiger partial charge in [0.1, 0.15) is 5.75 Å². The molecule has 5 nitrogen and oxygen atoms in total. The van der Waals surface area contributed by atoms with Crippen LogP contribution in [0.3, 0.4) is 0 Å². The molecule has 1 aromatic heterocycles. The van der Waals surface area contributed by atoms with Gasteiger partial charge in [-0.1, -0.05) is 11.6 Å². The lowest BCUT2D eigenvalue weighted by Gasteiger charge is -2.13. The van der Waals surface area contributed by atoms with Gasteiger partial charge in [-0.05, 0) is 44.3 Å². The molecule has 0 unspecified atom stereocenters. The van der Waals surface area contributed by atoms with Gasteiger partial charge in [-0.2, -0.15) is 5.10 Å². The monoisotopic (exact) mass is 338 g/mol. The van der Waals surface area contributed by atoms with E-state index in [9.17, 15) is 0 Å². The zero-order valence-corrected chi connectivity index (χ0v) is 14.4. The summed E-state index contributed by atoms with van der Waals surface area (Å²) >= 11 is 11.3. The highest BCUT2D eigenvalue weighted by Crippen LogP contribution is 2.27. The maximum absolute atomic E-state index is 6.00. The smallest absolute Gasteiger partial charge is 0.171 e. The lowest BCUT2D eigenvalue weighted by atomic mass is 10.2. The summed E-state index contributed by atoms with van der Waals surface area (Å²) in [6, 6.07) is 5.34. The summed E-state index contributed by atoms with van der Waals surface area (Å²) in [5.41, 5.74) is 2.84. The van der Waals surface area contributed by atoms with Crippen molar-refractivity contribution in [3.63, 3.8) is 0 Å². The Bertz CT molecular complexity index is 672. The highest BCUT2D eigenvalue weighted by Gasteiger charge is 2.08. The molecule has 1 aromatic carbocycles. The topological polar surface area (TPSA) is 51.1 Å². The minimum atomic E-state index is 0.504. The first-order valence-corrected chi connectivity index (χ1v) is 7.73. The fraction of sp³-hybridized carbons (Fsp3) is 0.333. The Labute approximate surface area is 140 Å². The number of hydrogen-bond acceptors (Lipinski definition) is 3. The van der Waals surface area contributed by atoms with Gasteiger partial charge in [0.25, 0.3) is 0 Å². The molecular formula is C15H19ClN4OS. The molecule has 0 aliphatic carbocycles. The number of anilines is 1. The predicted molar refractivity (Wildman–Crippen MR) is 93.7 cm³/mol. The van der Waals surface area contributed by atoms with Crippen molar-refractivity contribution in [2.24, 2.45) is 0 Å². The number of aryl methyl sites for hydroxylation is 2. The highest BCUT2D eigenvalue weighted by molar-refractivity contribution is 7.80. The molecule has 118 valence electrons. The van der Waals surface area contributed by atoms with Crippen LogP contribution in [-0.2, 0) is 13.1 Å². The van der Waals surface area contributed by atoms with Crippen LogP contribution in [-0.4, -0.2) is 22.0 Å². The number of hydrogen-bond donors (Lipinski definition) is 2. The van der Waals surface area contributed by atoms with Crippen LogP contribution in [0.5, 0.6) is 5.75 Å². The number of ether oxygens (including phenoxy) is 1. The van der Waals surface area contributed by atoms with Crippen molar-refractivity contribution in [2.45, 2.75) is 26.9 Å². The lowest BCUT2D eigenvalue weighted by molar-refractivity contribution is 0.417. The number of aromatic nitrogens is 2. The van der Waals surface area contributed by atoms with Crippen LogP contribution in [0.4, 0.5) is 5.69 Å². The van der Waals surface area contributed by atoms with E-state index in [4.69, 9.17) is 28.6 Å². The molecular weight excluding hydrogens is 320 g/mol. The van der Waals surface area contributed by atoms with Gasteiger partial charge >= 0.3 is 0 Å². The van der Waals surface area contributed by atoms with Gasteiger partial charge in [0.2, 0.25) is 0 Å². The average molecular weight is 339 g/mol. The van der Waals surface area contributed by atoms with Crippen molar-refractivity contribution in [3.8, 4) is 5.75 Å². The fourth-order valence-electron chi connectivity index (χ4n) is 2.01. The molecule has 1 heterocycles. The first-order valence-electron chi connectivity index (χ1n) is 6.94. The van der Waals surface area contributed by atoms with Crippen molar-refractivity contribution < 1.29 is 4.74 Å². The Hall–Kier alpha value is -1.79. The van der Waals surface area contributed by atoms with Gasteiger partial charge in [-0.3, -0.25) is 4.68 Å². The van der Waals surface area contributed by atoms with Gasteiger partial charge in [-0.15, -0.1) is 0 Å². The normalized spacial score (nSPS) is 10.4. The van der Waals surface area contributed by atoms with Crippen molar-refractivity contribution >= 4 is 34.6 Å². The van der Waals surface area contributed by atoms with Crippen LogP contribution in [0.15, 0.2) is 24.4 Å². The fourth-order valence-corrected chi connectivity index (χ4v) is 2.37. The lowest BCUT2D eigenvalue weighted by Crippen LogP contribution is -2.28. The van der Waals surface area contributed by atoms with Gasteiger partial charge in [0.05, 0.1) is 18.5 Å². The summed E-state index contributed by atoms with van der Waals surface area (Å²) in [6.45, 7) is 5.50. The van der Waals surface area contributed by atoms with Crippen LogP contribution < -0.4 is 15.4 Å². The van der Waals surface area contributed by atoms with Gasteiger partial charge in [0, 0.05) is 29.9 Å². The van der Waals surface area contributed by atoms with E-state index in [1.807, 2.05) is 17.8 Å². The number of methoxy groups -OCH3 is 1. The van der Waals surface area contributed by atoms with Crippen LogP contribution in [0.1, 0.15) is 18.2 Å². The molecule has 22 heavy (non-hydrogen) atoms. The molecule has 0 amide bonds. The highest BCUT2D eigenvalue weighted by atomic mass is 35.5. The van der Waals surface area contributed by atoms with E-state index in [-0.39, 0.29) is 0 Å². The summed E-state index contributed by atoms with van der Waals surface area (Å²) in [7, 11) is 1.60. The average Bonchev–Trinajstić information content (AvgIpc) is 2.86. The summed E-state index contributed by atoms with van der Waals surface area (Å²) in [5.74, 6) is 0.684. The zero-order valence-electron chi connectivity index (χ0n) is 12.8. The molecule has 2 N–H and O–H groups in total. The Morgan fingerprint density at radius 2 is 2.23 bits per heavy atom. The minimum absolute atomic E-state index is 0.504. The molecule has 0 radical (unpaired) electrons. The maximum Gasteiger partial charge on any atom is 0.171 e. The van der Waals surface area contributed by atoms with Crippen LogP contribution >= 0.6 is 23.8 Å². The molecule has 2 rings (SSSR count). The molecule has 7 heteroatoms. The number of nitrogens with one attached hydrogen (secondary N) is 2. The number of halogens is 1. The SMILES string of the molecule is CCn1cc(CNC(=S)Nc2cc(Cl)ccc2OC)c(C)n1. The number of nitrogens with zero attached hydrogens (tertiary/aromatic N) is 2. The van der Waals surface area contributed by atoms with Gasteiger partial charge in [-0.25, -0.2) is 0 Å². The molecule has 0 saturated carbocycles. The molecule has 0 bridgehead atoms. The summed E-state index contributed by atoms with van der Waals surface area (Å²) in [4.78, 5) is 0. The van der Waals surface area contributed by atoms with Crippen molar-refractivity contribution in [1.29, 1.82) is 0 Å². The van der Waals surface area contributed by atoms with Crippen LogP contribution in [0, 0.1) is 6.92 Å². The first kappa shape index (κ1) is 16.6. The van der Waals surface area contributed by atoms with E-state index in [1.54, 1.807) is 25.3 Å². The second-order valence-corrected chi connectivity index (χ2v) is 5.59. The number of rotatable bonds is 5. The van der Waals surface area contributed by atoms with Crippen molar-refractivity contribution in [3.05, 3.63) is 40.7 Å². The number of benzene rings is 1. The summed E-state index contributed by atoms with van der Waals surface area (Å²) in [5, 5.41) is 11.8. The molecule has 0 saturated heterocycles. The summed E-state index contributed by atoms with van der Waals surface area (Å²) in [6.07, 6.45) is 2.02. The van der Waals surface area contributed by atoms with Crippen molar-refractivity contribution in [1.82, 2.24) is 15.1 Å². The second-order valence-electron chi connectivity index (χ2n) is 4.75. The second kappa shape index (κ2) is 7.47. The van der Waals surface area contributed by atoms with E-state index in [0.29, 0.717) is 22.4 Å². The van der Waals surface area contributed by atoms with Crippen LogP contribution in [0.25, 0.3) is 0 Å². The molecule has 0 spiro atoms. The largest absolute Gasteiger partial charge is 0.495 e. The number of thiocarbonyl (C=S) groups is 1. The predicted octanol–water partition coefficient (Wildman–Crippen LogP) is 3.36.